The zero-order valence-electron chi connectivity index (χ0n) is 14.5. The van der Waals surface area contributed by atoms with Gasteiger partial charge < -0.3 is 5.32 Å². The van der Waals surface area contributed by atoms with Gasteiger partial charge in [0.25, 0.3) is 6.43 Å². The number of carbonyl (C=O) groups excluding carboxylic acids is 1. The SMILES string of the molecule is Cc1cc(C(F)F)nn1C(C)C(=O)Nc1ccc(-c2ccccc2)cc1. The largest absolute Gasteiger partial charge is 0.324 e. The fourth-order valence-corrected chi connectivity index (χ4v) is 2.75. The van der Waals surface area contributed by atoms with Crippen molar-refractivity contribution in [1.82, 2.24) is 9.78 Å². The number of nitrogens with zero attached hydrogens (tertiary/aromatic N) is 2. The van der Waals surface area contributed by atoms with Crippen molar-refractivity contribution >= 4 is 11.6 Å². The molecule has 0 spiro atoms. The zero-order valence-corrected chi connectivity index (χ0v) is 14.5. The molecule has 1 heterocycles. The highest BCUT2D eigenvalue weighted by Gasteiger charge is 2.21. The summed E-state index contributed by atoms with van der Waals surface area (Å²) in [5.41, 5.74) is 2.96. The molecule has 1 unspecified atom stereocenters. The number of aryl methyl sites for hydroxylation is 1. The molecule has 0 aliphatic rings. The van der Waals surface area contributed by atoms with Crippen molar-refractivity contribution in [3.63, 3.8) is 0 Å². The van der Waals surface area contributed by atoms with Gasteiger partial charge in [0.2, 0.25) is 5.91 Å². The van der Waals surface area contributed by atoms with Gasteiger partial charge in [0.1, 0.15) is 11.7 Å². The van der Waals surface area contributed by atoms with Crippen LogP contribution in [0.1, 0.15) is 30.8 Å². The summed E-state index contributed by atoms with van der Waals surface area (Å²) in [5, 5.41) is 6.63. The molecule has 0 aliphatic carbocycles. The lowest BCUT2D eigenvalue weighted by atomic mass is 10.1. The van der Waals surface area contributed by atoms with Gasteiger partial charge in [-0.2, -0.15) is 5.10 Å². The normalized spacial score (nSPS) is 12.2. The molecule has 0 saturated carbocycles. The molecule has 0 aliphatic heterocycles. The van der Waals surface area contributed by atoms with Crippen molar-refractivity contribution in [2.45, 2.75) is 26.3 Å². The standard InChI is InChI=1S/C20H19F2N3O/c1-13-12-18(19(21)22)24-25(13)14(2)20(26)23-17-10-8-16(9-11-17)15-6-4-3-5-7-15/h3-12,14,19H,1-2H3,(H,23,26). The van der Waals surface area contributed by atoms with Crippen LogP contribution in [0.4, 0.5) is 14.5 Å². The molecule has 134 valence electrons. The quantitative estimate of drug-likeness (QED) is 0.700. The molecule has 0 bridgehead atoms. The van der Waals surface area contributed by atoms with Crippen LogP contribution in [0, 0.1) is 6.92 Å². The Morgan fingerprint density at radius 3 is 2.23 bits per heavy atom. The molecule has 0 fully saturated rings. The van der Waals surface area contributed by atoms with Gasteiger partial charge in [-0.3, -0.25) is 9.48 Å². The smallest absolute Gasteiger partial charge is 0.282 e. The van der Waals surface area contributed by atoms with Crippen LogP contribution in [0.3, 0.4) is 0 Å². The summed E-state index contributed by atoms with van der Waals surface area (Å²) < 4.78 is 26.9. The van der Waals surface area contributed by atoms with Crippen molar-refractivity contribution in [1.29, 1.82) is 0 Å². The van der Waals surface area contributed by atoms with Crippen LogP contribution in [-0.2, 0) is 4.79 Å². The molecule has 0 saturated heterocycles. The van der Waals surface area contributed by atoms with E-state index in [4.69, 9.17) is 0 Å². The Morgan fingerprint density at radius 1 is 1.04 bits per heavy atom. The first-order valence-corrected chi connectivity index (χ1v) is 8.26. The van der Waals surface area contributed by atoms with Crippen LogP contribution < -0.4 is 5.32 Å². The molecule has 4 nitrogen and oxygen atoms in total. The second-order valence-corrected chi connectivity index (χ2v) is 6.06. The first kappa shape index (κ1) is 17.8. The Morgan fingerprint density at radius 2 is 1.65 bits per heavy atom. The minimum absolute atomic E-state index is 0.315. The molecule has 1 aromatic heterocycles. The number of amides is 1. The molecule has 1 N–H and O–H groups in total. The van der Waals surface area contributed by atoms with E-state index < -0.39 is 12.5 Å². The van der Waals surface area contributed by atoms with E-state index in [1.807, 2.05) is 54.6 Å². The second-order valence-electron chi connectivity index (χ2n) is 6.06. The molecule has 1 amide bonds. The van der Waals surface area contributed by atoms with Crippen molar-refractivity contribution in [3.05, 3.63) is 72.1 Å². The van der Waals surface area contributed by atoms with Crippen LogP contribution >= 0.6 is 0 Å². The van der Waals surface area contributed by atoms with E-state index in [-0.39, 0.29) is 11.6 Å². The molecule has 2 aromatic carbocycles. The third kappa shape index (κ3) is 3.79. The monoisotopic (exact) mass is 355 g/mol. The first-order valence-electron chi connectivity index (χ1n) is 8.26. The number of rotatable bonds is 5. The van der Waals surface area contributed by atoms with Crippen molar-refractivity contribution < 1.29 is 13.6 Å². The zero-order chi connectivity index (χ0) is 18.7. The van der Waals surface area contributed by atoms with Gasteiger partial charge in [-0.1, -0.05) is 42.5 Å². The molecule has 6 heteroatoms. The maximum atomic E-state index is 12.8. The van der Waals surface area contributed by atoms with E-state index in [0.717, 1.165) is 11.1 Å². The Kier molecular flexibility index (Phi) is 5.11. The van der Waals surface area contributed by atoms with E-state index in [2.05, 4.69) is 10.4 Å². The number of halogens is 2. The van der Waals surface area contributed by atoms with Crippen LogP contribution in [0.15, 0.2) is 60.7 Å². The van der Waals surface area contributed by atoms with Gasteiger partial charge in [0.15, 0.2) is 0 Å². The van der Waals surface area contributed by atoms with Crippen molar-refractivity contribution in [2.24, 2.45) is 0 Å². The maximum Gasteiger partial charge on any atom is 0.282 e. The van der Waals surface area contributed by atoms with E-state index in [1.165, 1.54) is 10.7 Å². The Labute approximate surface area is 150 Å². The first-order chi connectivity index (χ1) is 12.5. The Balaban J connectivity index is 1.71. The van der Waals surface area contributed by atoms with Crippen molar-refractivity contribution in [3.8, 4) is 11.1 Å². The topological polar surface area (TPSA) is 46.9 Å². The number of aromatic nitrogens is 2. The minimum Gasteiger partial charge on any atom is -0.324 e. The van der Waals surface area contributed by atoms with Crippen LogP contribution in [0.5, 0.6) is 0 Å². The molecule has 0 radical (unpaired) electrons. The average Bonchev–Trinajstić information content (AvgIpc) is 3.04. The number of hydrogen-bond acceptors (Lipinski definition) is 2. The average molecular weight is 355 g/mol. The summed E-state index contributed by atoms with van der Waals surface area (Å²) in [6.07, 6.45) is -2.66. The highest BCUT2D eigenvalue weighted by molar-refractivity contribution is 5.93. The Bertz CT molecular complexity index is 889. The fraction of sp³-hybridized carbons (Fsp3) is 0.200. The number of nitrogens with one attached hydrogen (secondary N) is 1. The Hall–Kier alpha value is -3.02. The minimum atomic E-state index is -2.66. The summed E-state index contributed by atoms with van der Waals surface area (Å²) in [4.78, 5) is 12.4. The second kappa shape index (κ2) is 7.47. The van der Waals surface area contributed by atoms with Gasteiger partial charge in [-0.05, 0) is 43.2 Å². The lowest BCUT2D eigenvalue weighted by Gasteiger charge is -2.15. The van der Waals surface area contributed by atoms with Gasteiger partial charge in [0, 0.05) is 11.4 Å². The van der Waals surface area contributed by atoms with Crippen LogP contribution in [-0.4, -0.2) is 15.7 Å². The predicted molar refractivity (Wildman–Crippen MR) is 97.1 cm³/mol. The highest BCUT2D eigenvalue weighted by atomic mass is 19.3. The third-order valence-corrected chi connectivity index (χ3v) is 4.17. The molecule has 3 aromatic rings. The molecule has 1 atom stereocenters. The number of hydrogen-bond donors (Lipinski definition) is 1. The lowest BCUT2D eigenvalue weighted by Crippen LogP contribution is -2.25. The van der Waals surface area contributed by atoms with Crippen LogP contribution in [0.25, 0.3) is 11.1 Å². The van der Waals surface area contributed by atoms with E-state index >= 15 is 0 Å². The number of carbonyl (C=O) groups is 1. The summed E-state index contributed by atoms with van der Waals surface area (Å²) in [6, 6.07) is 18.0. The third-order valence-electron chi connectivity index (χ3n) is 4.17. The van der Waals surface area contributed by atoms with E-state index in [9.17, 15) is 13.6 Å². The molecule has 26 heavy (non-hydrogen) atoms. The summed E-state index contributed by atoms with van der Waals surface area (Å²) in [5.74, 6) is -0.315. The number of anilines is 1. The van der Waals surface area contributed by atoms with Crippen LogP contribution in [0.2, 0.25) is 0 Å². The maximum absolute atomic E-state index is 12.8. The van der Waals surface area contributed by atoms with E-state index in [1.54, 1.807) is 13.8 Å². The van der Waals surface area contributed by atoms with Gasteiger partial charge in [-0.25, -0.2) is 8.78 Å². The lowest BCUT2D eigenvalue weighted by molar-refractivity contribution is -0.119. The summed E-state index contributed by atoms with van der Waals surface area (Å²) >= 11 is 0. The van der Waals surface area contributed by atoms with E-state index in [0.29, 0.717) is 11.4 Å². The highest BCUT2D eigenvalue weighted by Crippen LogP contribution is 2.23. The number of benzene rings is 2. The molecular formula is C20H19F2N3O. The fourth-order valence-electron chi connectivity index (χ4n) is 2.75. The molecular weight excluding hydrogens is 336 g/mol. The summed E-state index contributed by atoms with van der Waals surface area (Å²) in [6.45, 7) is 3.28. The molecule has 3 rings (SSSR count). The van der Waals surface area contributed by atoms with Gasteiger partial charge >= 0.3 is 0 Å². The summed E-state index contributed by atoms with van der Waals surface area (Å²) in [7, 11) is 0. The van der Waals surface area contributed by atoms with Gasteiger partial charge in [-0.15, -0.1) is 0 Å². The van der Waals surface area contributed by atoms with Crippen molar-refractivity contribution in [2.75, 3.05) is 5.32 Å². The predicted octanol–water partition coefficient (Wildman–Crippen LogP) is 5.00. The number of alkyl halides is 2. The van der Waals surface area contributed by atoms with Gasteiger partial charge in [0.05, 0.1) is 0 Å².